The largest absolute Gasteiger partial charge is 0.479 e. The van der Waals surface area contributed by atoms with Gasteiger partial charge in [0.25, 0.3) is 0 Å². The van der Waals surface area contributed by atoms with E-state index in [1.165, 1.54) is 24.3 Å². The molecule has 1 heterocycles. The van der Waals surface area contributed by atoms with Gasteiger partial charge in [-0.3, -0.25) is 5.32 Å². The predicted molar refractivity (Wildman–Crippen MR) is 109 cm³/mol. The number of carbonyl (C=O) groups is 4. The average Bonchev–Trinajstić information content (AvgIpc) is 3.00. The highest BCUT2D eigenvalue weighted by atomic mass is 32.2. The summed E-state index contributed by atoms with van der Waals surface area (Å²) in [5, 5.41) is 14.2. The molecule has 0 aliphatic carbocycles. The summed E-state index contributed by atoms with van der Waals surface area (Å²) < 4.78 is 28.8. The van der Waals surface area contributed by atoms with Gasteiger partial charge in [0.15, 0.2) is 6.04 Å². The van der Waals surface area contributed by atoms with Crippen LogP contribution in [0.15, 0.2) is 24.3 Å². The Kier molecular flexibility index (Phi) is 6.79. The highest BCUT2D eigenvalue weighted by molar-refractivity contribution is 7.88. The van der Waals surface area contributed by atoms with Gasteiger partial charge in [0.2, 0.25) is 10.0 Å². The molecule has 0 saturated carbocycles. The van der Waals surface area contributed by atoms with Crippen molar-refractivity contribution in [2.75, 3.05) is 24.7 Å². The molecule has 0 bridgehead atoms. The molecular formula is C18H24N4O8S. The van der Waals surface area contributed by atoms with Crippen LogP contribution in [0, 0.1) is 0 Å². The Labute approximate surface area is 179 Å². The summed E-state index contributed by atoms with van der Waals surface area (Å²) in [6.45, 7) is 4.69. The second-order valence-electron chi connectivity index (χ2n) is 7.74. The Bertz CT molecular complexity index is 985. The van der Waals surface area contributed by atoms with Crippen molar-refractivity contribution in [3.63, 3.8) is 0 Å². The van der Waals surface area contributed by atoms with Crippen LogP contribution in [0.5, 0.6) is 0 Å². The monoisotopic (exact) mass is 456 g/mol. The molecule has 2 rings (SSSR count). The normalized spacial score (nSPS) is 15.4. The number of ether oxygens (including phenoxy) is 1. The number of nitrogens with zero attached hydrogens (tertiary/aromatic N) is 2. The van der Waals surface area contributed by atoms with Crippen molar-refractivity contribution in [2.45, 2.75) is 32.4 Å². The number of benzene rings is 1. The highest BCUT2D eigenvalue weighted by Gasteiger charge is 2.39. The number of anilines is 1. The molecule has 1 atom stereocenters. The predicted octanol–water partition coefficient (Wildman–Crippen LogP) is 1.57. The van der Waals surface area contributed by atoms with Gasteiger partial charge in [-0.2, -0.15) is 0 Å². The van der Waals surface area contributed by atoms with E-state index in [-0.39, 0.29) is 18.7 Å². The Morgan fingerprint density at radius 2 is 1.71 bits per heavy atom. The van der Waals surface area contributed by atoms with Crippen molar-refractivity contribution >= 4 is 39.8 Å². The zero-order valence-corrected chi connectivity index (χ0v) is 18.2. The molecule has 0 radical (unpaired) electrons. The van der Waals surface area contributed by atoms with E-state index >= 15 is 0 Å². The Hall–Kier alpha value is -3.35. The first-order chi connectivity index (χ1) is 14.2. The quantitative estimate of drug-likeness (QED) is 0.601. The van der Waals surface area contributed by atoms with Crippen LogP contribution >= 0.6 is 0 Å². The minimum atomic E-state index is -3.84. The lowest BCUT2D eigenvalue weighted by Gasteiger charge is -2.21. The molecule has 1 saturated heterocycles. The molecule has 0 unspecified atom stereocenters. The van der Waals surface area contributed by atoms with Crippen LogP contribution in [0.2, 0.25) is 0 Å². The first-order valence-electron chi connectivity index (χ1n) is 9.11. The maximum absolute atomic E-state index is 12.4. The number of hydrogen-bond acceptors (Lipinski definition) is 7. The molecule has 13 heteroatoms. The molecule has 170 valence electrons. The second-order valence-corrected chi connectivity index (χ2v) is 9.65. The van der Waals surface area contributed by atoms with E-state index in [9.17, 15) is 32.7 Å². The fraction of sp³-hybridized carbons (Fsp3) is 0.444. The third kappa shape index (κ3) is 6.31. The molecule has 31 heavy (non-hydrogen) atoms. The number of carboxylic acids is 1. The molecule has 0 spiro atoms. The summed E-state index contributed by atoms with van der Waals surface area (Å²) >= 11 is 0. The second kappa shape index (κ2) is 8.79. The topological polar surface area (TPSA) is 162 Å². The van der Waals surface area contributed by atoms with E-state index in [4.69, 9.17) is 4.74 Å². The van der Waals surface area contributed by atoms with Gasteiger partial charge in [-0.05, 0) is 38.5 Å². The van der Waals surface area contributed by atoms with Gasteiger partial charge < -0.3 is 15.2 Å². The van der Waals surface area contributed by atoms with Crippen LogP contribution in [0.25, 0.3) is 0 Å². The van der Waals surface area contributed by atoms with Gasteiger partial charge in [0, 0.05) is 5.69 Å². The van der Waals surface area contributed by atoms with Crippen molar-refractivity contribution in [1.29, 1.82) is 0 Å². The van der Waals surface area contributed by atoms with E-state index in [1.54, 1.807) is 20.8 Å². The summed E-state index contributed by atoms with van der Waals surface area (Å²) in [4.78, 5) is 48.6. The molecular weight excluding hydrogens is 432 g/mol. The number of carboxylic acid groups (broad SMARTS) is 1. The fourth-order valence-corrected chi connectivity index (χ4v) is 3.48. The molecule has 1 aromatic carbocycles. The first-order valence-corrected chi connectivity index (χ1v) is 11.0. The van der Waals surface area contributed by atoms with Crippen LogP contribution in [-0.4, -0.2) is 71.8 Å². The first kappa shape index (κ1) is 23.9. The lowest BCUT2D eigenvalue weighted by atomic mass is 10.1. The molecule has 0 aromatic heterocycles. The standard InChI is InChI=1S/C18H24N4O8S/c1-18(2,3)30-16(26)19-12-7-5-11(6-8-12)13(14(23)24)20-15(25)21-9-10-22(17(21)27)31(4,28)29/h5-8,13H,9-10H2,1-4H3,(H,19,26)(H,20,25)(H,23,24)/t13-/m1/s1. The molecule has 1 aromatic rings. The molecule has 1 fully saturated rings. The van der Waals surface area contributed by atoms with Crippen LogP contribution in [0.4, 0.5) is 20.1 Å². The number of sulfonamides is 1. The molecule has 1 aliphatic heterocycles. The zero-order chi connectivity index (χ0) is 23.6. The number of rotatable bonds is 5. The molecule has 12 nitrogen and oxygen atoms in total. The summed E-state index contributed by atoms with van der Waals surface area (Å²) in [5.41, 5.74) is -0.184. The number of aliphatic carboxylic acids is 1. The van der Waals surface area contributed by atoms with Crippen molar-refractivity contribution in [1.82, 2.24) is 14.5 Å². The van der Waals surface area contributed by atoms with Crippen LogP contribution < -0.4 is 10.6 Å². The number of nitrogens with one attached hydrogen (secondary N) is 2. The highest BCUT2D eigenvalue weighted by Crippen LogP contribution is 2.20. The molecule has 3 N–H and O–H groups in total. The van der Waals surface area contributed by atoms with Gasteiger partial charge in [-0.15, -0.1) is 0 Å². The van der Waals surface area contributed by atoms with E-state index in [0.717, 1.165) is 6.26 Å². The van der Waals surface area contributed by atoms with E-state index in [1.807, 2.05) is 0 Å². The Balaban J connectivity index is 2.09. The average molecular weight is 456 g/mol. The maximum atomic E-state index is 12.4. The lowest BCUT2D eigenvalue weighted by Crippen LogP contribution is -2.46. The van der Waals surface area contributed by atoms with E-state index in [0.29, 0.717) is 14.9 Å². The van der Waals surface area contributed by atoms with Crippen LogP contribution in [-0.2, 0) is 19.6 Å². The summed E-state index contributed by atoms with van der Waals surface area (Å²) in [6.07, 6.45) is 0.144. The zero-order valence-electron chi connectivity index (χ0n) is 17.4. The van der Waals surface area contributed by atoms with Crippen LogP contribution in [0.3, 0.4) is 0 Å². The summed E-state index contributed by atoms with van der Waals surface area (Å²) in [5.74, 6) is -1.40. The number of amides is 5. The molecule has 5 amide bonds. The van der Waals surface area contributed by atoms with Crippen molar-refractivity contribution < 1.29 is 37.4 Å². The summed E-state index contributed by atoms with van der Waals surface area (Å²) in [7, 11) is -3.84. The Morgan fingerprint density at radius 1 is 1.13 bits per heavy atom. The van der Waals surface area contributed by atoms with Gasteiger partial charge >= 0.3 is 24.1 Å². The number of hydrogen-bond donors (Lipinski definition) is 3. The number of carbonyl (C=O) groups excluding carboxylic acids is 3. The van der Waals surface area contributed by atoms with Crippen molar-refractivity contribution in [3.8, 4) is 0 Å². The van der Waals surface area contributed by atoms with Gasteiger partial charge in [-0.1, -0.05) is 12.1 Å². The fourth-order valence-electron chi connectivity index (χ4n) is 2.68. The Morgan fingerprint density at radius 3 is 2.16 bits per heavy atom. The number of urea groups is 2. The van der Waals surface area contributed by atoms with Gasteiger partial charge in [0.05, 0.1) is 19.3 Å². The van der Waals surface area contributed by atoms with Crippen molar-refractivity contribution in [2.24, 2.45) is 0 Å². The van der Waals surface area contributed by atoms with Gasteiger partial charge in [-0.25, -0.2) is 36.8 Å². The van der Waals surface area contributed by atoms with Crippen LogP contribution in [0.1, 0.15) is 32.4 Å². The lowest BCUT2D eigenvalue weighted by molar-refractivity contribution is -0.139. The third-order valence-electron chi connectivity index (χ3n) is 4.02. The third-order valence-corrected chi connectivity index (χ3v) is 5.16. The van der Waals surface area contributed by atoms with Gasteiger partial charge in [0.1, 0.15) is 5.60 Å². The minimum absolute atomic E-state index is 0.169. The minimum Gasteiger partial charge on any atom is -0.479 e. The van der Waals surface area contributed by atoms with E-state index < -0.39 is 45.8 Å². The molecule has 1 aliphatic rings. The SMILES string of the molecule is CC(C)(C)OC(=O)Nc1ccc([C@@H](NC(=O)N2CCN(S(C)(=O)=O)C2=O)C(=O)O)cc1. The van der Waals surface area contributed by atoms with Crippen molar-refractivity contribution in [3.05, 3.63) is 29.8 Å². The van der Waals surface area contributed by atoms with E-state index in [2.05, 4.69) is 10.6 Å². The number of imide groups is 1. The maximum Gasteiger partial charge on any atom is 0.412 e. The summed E-state index contributed by atoms with van der Waals surface area (Å²) in [6, 6.07) is 1.99. The smallest absolute Gasteiger partial charge is 0.412 e.